The number of rotatable bonds is 1. The molecule has 0 bridgehead atoms. The summed E-state index contributed by atoms with van der Waals surface area (Å²) in [6.45, 7) is 5.62. The summed E-state index contributed by atoms with van der Waals surface area (Å²) >= 11 is 0. The predicted molar refractivity (Wildman–Crippen MR) is 99.6 cm³/mol. The number of hydrogen-bond acceptors (Lipinski definition) is 5. The Morgan fingerprint density at radius 1 is 1.22 bits per heavy atom. The van der Waals surface area contributed by atoms with Crippen LogP contribution in [0.25, 0.3) is 11.0 Å². The van der Waals surface area contributed by atoms with Crippen molar-refractivity contribution in [1.29, 1.82) is 0 Å². The maximum atomic E-state index is 13.4. The van der Waals surface area contributed by atoms with Crippen molar-refractivity contribution in [2.45, 2.75) is 38.7 Å². The third-order valence-corrected chi connectivity index (χ3v) is 5.65. The van der Waals surface area contributed by atoms with Crippen LogP contribution in [0.4, 0.5) is 4.79 Å². The van der Waals surface area contributed by atoms with Gasteiger partial charge >= 0.3 is 6.09 Å². The Hall–Kier alpha value is -2.64. The third-order valence-electron chi connectivity index (χ3n) is 5.65. The van der Waals surface area contributed by atoms with Crippen LogP contribution in [0.3, 0.4) is 0 Å². The number of amides is 2. The zero-order chi connectivity index (χ0) is 19.3. The van der Waals surface area contributed by atoms with Crippen LogP contribution < -0.4 is 0 Å². The molecule has 2 saturated heterocycles. The summed E-state index contributed by atoms with van der Waals surface area (Å²) < 4.78 is 7.38. The molecule has 0 N–H and O–H groups in total. The number of nitrogens with zero attached hydrogens (tertiary/aromatic N) is 5. The first-order valence-electron chi connectivity index (χ1n) is 9.34. The molecule has 0 aliphatic carbocycles. The van der Waals surface area contributed by atoms with Gasteiger partial charge in [-0.05, 0) is 32.8 Å². The zero-order valence-electron chi connectivity index (χ0n) is 16.3. The minimum Gasteiger partial charge on any atom is -0.441 e. The topological polar surface area (TPSA) is 80.6 Å². The molecule has 0 saturated carbocycles. The molecule has 4 heterocycles. The minimum atomic E-state index is -0.464. The average molecular weight is 371 g/mol. The Morgan fingerprint density at radius 3 is 2.70 bits per heavy atom. The molecule has 2 aromatic rings. The lowest BCUT2D eigenvalue weighted by Gasteiger charge is -2.25. The number of pyridine rings is 1. The number of carbonyl (C=O) groups excluding carboxylic acids is 2. The summed E-state index contributed by atoms with van der Waals surface area (Å²) in [6, 6.07) is 1.85. The van der Waals surface area contributed by atoms with Crippen molar-refractivity contribution in [2.24, 2.45) is 7.05 Å². The summed E-state index contributed by atoms with van der Waals surface area (Å²) in [5.74, 6) is -0.00340. The van der Waals surface area contributed by atoms with E-state index in [0.29, 0.717) is 31.6 Å². The van der Waals surface area contributed by atoms with E-state index in [9.17, 15) is 9.59 Å². The van der Waals surface area contributed by atoms with E-state index in [2.05, 4.69) is 10.1 Å². The van der Waals surface area contributed by atoms with Gasteiger partial charge in [0.1, 0.15) is 5.60 Å². The van der Waals surface area contributed by atoms with Gasteiger partial charge in [0, 0.05) is 39.3 Å². The molecule has 1 spiro atoms. The van der Waals surface area contributed by atoms with E-state index in [4.69, 9.17) is 4.74 Å². The molecule has 2 aliphatic heterocycles. The fraction of sp³-hybridized carbons (Fsp3) is 0.579. The third kappa shape index (κ3) is 2.93. The smallest absolute Gasteiger partial charge is 0.410 e. The summed E-state index contributed by atoms with van der Waals surface area (Å²) in [5, 5.41) is 5.25. The van der Waals surface area contributed by atoms with Crippen LogP contribution in [0.2, 0.25) is 0 Å². The first-order valence-corrected chi connectivity index (χ1v) is 9.34. The Morgan fingerprint density at radius 2 is 2.00 bits per heavy atom. The highest BCUT2D eigenvalue weighted by atomic mass is 16.6. The van der Waals surface area contributed by atoms with E-state index in [1.165, 1.54) is 0 Å². The van der Waals surface area contributed by atoms with Crippen molar-refractivity contribution in [3.8, 4) is 0 Å². The molecular formula is C19H25N5O3. The van der Waals surface area contributed by atoms with Gasteiger partial charge in [-0.15, -0.1) is 0 Å². The fourth-order valence-electron chi connectivity index (χ4n) is 4.33. The van der Waals surface area contributed by atoms with Gasteiger partial charge in [0.05, 0.1) is 23.2 Å². The number of aryl methyl sites for hydroxylation is 3. The average Bonchev–Trinajstić information content (AvgIpc) is 2.95. The number of ether oxygens (including phenoxy) is 1. The van der Waals surface area contributed by atoms with Crippen LogP contribution >= 0.6 is 0 Å². The van der Waals surface area contributed by atoms with Gasteiger partial charge in [0.2, 0.25) is 0 Å². The fourth-order valence-corrected chi connectivity index (χ4v) is 4.33. The molecule has 4 rings (SSSR count). The zero-order valence-corrected chi connectivity index (χ0v) is 16.3. The number of likely N-dealkylation sites (tertiary alicyclic amines) is 1. The van der Waals surface area contributed by atoms with Crippen molar-refractivity contribution in [2.75, 3.05) is 26.7 Å². The Balaban J connectivity index is 1.63. The van der Waals surface area contributed by atoms with E-state index in [-0.39, 0.29) is 12.0 Å². The predicted octanol–water partition coefficient (Wildman–Crippen LogP) is 2.03. The molecule has 8 nitrogen and oxygen atoms in total. The van der Waals surface area contributed by atoms with Crippen LogP contribution in [-0.2, 0) is 11.8 Å². The van der Waals surface area contributed by atoms with Crippen molar-refractivity contribution in [3.63, 3.8) is 0 Å². The summed E-state index contributed by atoms with van der Waals surface area (Å²) in [4.78, 5) is 33.2. The molecule has 1 atom stereocenters. The monoisotopic (exact) mass is 371 g/mol. The molecule has 1 unspecified atom stereocenters. The number of carbonyl (C=O) groups is 2. The Labute approximate surface area is 158 Å². The van der Waals surface area contributed by atoms with Gasteiger partial charge in [-0.3, -0.25) is 9.48 Å². The number of aromatic nitrogens is 3. The summed E-state index contributed by atoms with van der Waals surface area (Å²) in [6.07, 6.45) is 1.98. The van der Waals surface area contributed by atoms with Gasteiger partial charge in [0.15, 0.2) is 5.65 Å². The highest BCUT2D eigenvalue weighted by Gasteiger charge is 2.44. The van der Waals surface area contributed by atoms with Crippen molar-refractivity contribution in [3.05, 3.63) is 23.0 Å². The molecule has 2 aliphatic rings. The second-order valence-electron chi connectivity index (χ2n) is 7.77. The van der Waals surface area contributed by atoms with Crippen molar-refractivity contribution >= 4 is 23.0 Å². The minimum absolute atomic E-state index is 0.00340. The van der Waals surface area contributed by atoms with Crippen LogP contribution in [0, 0.1) is 13.8 Å². The van der Waals surface area contributed by atoms with E-state index in [1.807, 2.05) is 31.9 Å². The summed E-state index contributed by atoms with van der Waals surface area (Å²) in [5.41, 5.74) is 2.52. The van der Waals surface area contributed by atoms with E-state index in [0.717, 1.165) is 35.3 Å². The lowest BCUT2D eigenvalue weighted by Crippen LogP contribution is -2.37. The number of fused-ring (bicyclic) bond motifs is 1. The first-order chi connectivity index (χ1) is 12.8. The highest BCUT2D eigenvalue weighted by molar-refractivity contribution is 6.06. The Kier molecular flexibility index (Phi) is 4.09. The molecule has 0 aromatic carbocycles. The quantitative estimate of drug-likeness (QED) is 0.766. The maximum Gasteiger partial charge on any atom is 0.410 e. The maximum absolute atomic E-state index is 13.4. The van der Waals surface area contributed by atoms with Gasteiger partial charge in [-0.25, -0.2) is 9.78 Å². The number of likely N-dealkylation sites (N-methyl/N-ethyl adjacent to an activating group) is 1. The second-order valence-corrected chi connectivity index (χ2v) is 7.77. The largest absolute Gasteiger partial charge is 0.441 e. The standard InChI is InChI=1S/C19H25N5O3/c1-12-10-14(15-13(2)21-23(4)16(15)20-12)17(25)24-8-5-6-19(7-9-24)11-22(3)18(26)27-19/h10H,5-9,11H2,1-4H3. The van der Waals surface area contributed by atoms with Crippen molar-refractivity contribution in [1.82, 2.24) is 24.6 Å². The van der Waals surface area contributed by atoms with E-state index in [1.54, 1.807) is 16.6 Å². The normalized spacial score (nSPS) is 23.2. The van der Waals surface area contributed by atoms with Gasteiger partial charge in [-0.1, -0.05) is 0 Å². The molecule has 0 radical (unpaired) electrons. The first kappa shape index (κ1) is 17.8. The molecule has 2 fully saturated rings. The molecule has 27 heavy (non-hydrogen) atoms. The van der Waals surface area contributed by atoms with Crippen LogP contribution in [0.15, 0.2) is 6.07 Å². The van der Waals surface area contributed by atoms with Crippen LogP contribution in [0.1, 0.15) is 41.0 Å². The lowest BCUT2D eigenvalue weighted by atomic mass is 9.95. The van der Waals surface area contributed by atoms with Crippen LogP contribution in [-0.4, -0.2) is 68.8 Å². The Bertz CT molecular complexity index is 937. The van der Waals surface area contributed by atoms with Crippen LogP contribution in [0.5, 0.6) is 0 Å². The highest BCUT2D eigenvalue weighted by Crippen LogP contribution is 2.33. The lowest BCUT2D eigenvalue weighted by molar-refractivity contribution is 0.0439. The SMILES string of the molecule is Cc1cc(C(=O)N2CCCC3(CC2)CN(C)C(=O)O3)c2c(C)nn(C)c2n1. The van der Waals surface area contributed by atoms with E-state index >= 15 is 0 Å². The molecular weight excluding hydrogens is 346 g/mol. The van der Waals surface area contributed by atoms with Crippen molar-refractivity contribution < 1.29 is 14.3 Å². The molecule has 144 valence electrons. The molecule has 2 amide bonds. The van der Waals surface area contributed by atoms with Gasteiger partial charge < -0.3 is 14.5 Å². The summed E-state index contributed by atoms with van der Waals surface area (Å²) in [7, 11) is 3.60. The van der Waals surface area contributed by atoms with E-state index < -0.39 is 5.60 Å². The van der Waals surface area contributed by atoms with Gasteiger partial charge in [-0.2, -0.15) is 5.10 Å². The molecule has 2 aromatic heterocycles. The van der Waals surface area contributed by atoms with Gasteiger partial charge in [0.25, 0.3) is 5.91 Å². The number of hydrogen-bond donors (Lipinski definition) is 0. The molecule has 8 heteroatoms. The second kappa shape index (κ2) is 6.21.